The van der Waals surface area contributed by atoms with Crippen LogP contribution in [0, 0.1) is 23.7 Å². The minimum atomic E-state index is -0.837. The zero-order valence-corrected chi connectivity index (χ0v) is 17.8. The fourth-order valence-electron chi connectivity index (χ4n) is 2.15. The first-order valence-electron chi connectivity index (χ1n) is 9.63. The van der Waals surface area contributed by atoms with Crippen LogP contribution in [0.3, 0.4) is 0 Å². The number of carboxylic acid groups (broad SMARTS) is 1. The van der Waals surface area contributed by atoms with Crippen LogP contribution in [0.4, 0.5) is 0 Å². The van der Waals surface area contributed by atoms with Crippen LogP contribution in [0.25, 0.3) is 0 Å². The molecule has 148 valence electrons. The van der Waals surface area contributed by atoms with Gasteiger partial charge in [0, 0.05) is 10.9 Å². The van der Waals surface area contributed by atoms with E-state index < -0.39 is 12.1 Å². The molecule has 3 nitrogen and oxygen atoms in total. The largest absolute Gasteiger partial charge is 0.481 e. The monoisotopic (exact) mass is 434 g/mol. The van der Waals surface area contributed by atoms with E-state index in [0.29, 0.717) is 6.42 Å². The van der Waals surface area contributed by atoms with Crippen LogP contribution in [-0.4, -0.2) is 22.3 Å². The van der Waals surface area contributed by atoms with Gasteiger partial charge in [-0.25, -0.2) is 0 Å². The first kappa shape index (κ1) is 25.2. The molecule has 4 heteroatoms. The molecule has 27 heavy (non-hydrogen) atoms. The maximum Gasteiger partial charge on any atom is 0.304 e. The van der Waals surface area contributed by atoms with Crippen LogP contribution in [0.1, 0.15) is 71.1 Å². The molecule has 0 heterocycles. The summed E-state index contributed by atoms with van der Waals surface area (Å²) in [7, 11) is 0. The number of aliphatic hydroxyl groups excluding tert-OH is 1. The minimum Gasteiger partial charge on any atom is -0.481 e. The molecule has 0 bridgehead atoms. The Morgan fingerprint density at radius 3 is 2.63 bits per heavy atom. The molecule has 0 aromatic heterocycles. The Balaban J connectivity index is 3.69. The van der Waals surface area contributed by atoms with Gasteiger partial charge < -0.3 is 10.2 Å². The van der Waals surface area contributed by atoms with Crippen LogP contribution in [0.15, 0.2) is 34.9 Å². The molecule has 0 saturated heterocycles. The number of hydrogen-bond acceptors (Lipinski definition) is 2. The second kappa shape index (κ2) is 19.0. The third-order valence-electron chi connectivity index (χ3n) is 3.59. The topological polar surface area (TPSA) is 57.5 Å². The smallest absolute Gasteiger partial charge is 0.304 e. The van der Waals surface area contributed by atoms with E-state index in [-0.39, 0.29) is 6.42 Å². The SMILES string of the molecule is CCC/C=C/C(Br)=C\[C@H](O)CCCCCC/C=C/C#CC#CCCC(=O)O. The summed E-state index contributed by atoms with van der Waals surface area (Å²) >= 11 is 3.46. The van der Waals surface area contributed by atoms with Gasteiger partial charge in [0.2, 0.25) is 0 Å². The molecule has 0 radical (unpaired) electrons. The molecular weight excluding hydrogens is 404 g/mol. The molecule has 1 atom stereocenters. The molecule has 0 fully saturated rings. The van der Waals surface area contributed by atoms with Gasteiger partial charge in [-0.05, 0) is 49.7 Å². The molecular formula is C23H31BrO3. The lowest BCUT2D eigenvalue weighted by Crippen LogP contribution is -2.02. The lowest BCUT2D eigenvalue weighted by Gasteiger charge is -2.05. The predicted molar refractivity (Wildman–Crippen MR) is 116 cm³/mol. The van der Waals surface area contributed by atoms with Crippen LogP contribution < -0.4 is 0 Å². The van der Waals surface area contributed by atoms with E-state index in [1.807, 2.05) is 18.2 Å². The number of hydrogen-bond donors (Lipinski definition) is 2. The average Bonchev–Trinajstić information content (AvgIpc) is 2.62. The van der Waals surface area contributed by atoms with E-state index in [2.05, 4.69) is 52.6 Å². The van der Waals surface area contributed by atoms with E-state index >= 15 is 0 Å². The van der Waals surface area contributed by atoms with E-state index in [1.54, 1.807) is 6.08 Å². The first-order chi connectivity index (χ1) is 13.1. The predicted octanol–water partition coefficient (Wildman–Crippen LogP) is 5.75. The highest BCUT2D eigenvalue weighted by Crippen LogP contribution is 2.13. The second-order valence-corrected chi connectivity index (χ2v) is 7.08. The quantitative estimate of drug-likeness (QED) is 0.220. The molecule has 2 N–H and O–H groups in total. The summed E-state index contributed by atoms with van der Waals surface area (Å²) in [6, 6.07) is 0. The fraction of sp³-hybridized carbons (Fsp3) is 0.522. The van der Waals surface area contributed by atoms with E-state index in [9.17, 15) is 9.90 Å². The van der Waals surface area contributed by atoms with Crippen molar-refractivity contribution in [2.75, 3.05) is 0 Å². The highest BCUT2D eigenvalue weighted by atomic mass is 79.9. The molecule has 0 aliphatic carbocycles. The van der Waals surface area contributed by atoms with Crippen molar-refractivity contribution in [3.05, 3.63) is 34.9 Å². The maximum atomic E-state index is 10.3. The standard InChI is InChI=1S/C23H31BrO3/c1-2-3-14-17-21(24)20-22(25)18-15-12-10-8-6-4-5-7-9-11-13-16-19-23(26)27/h4-5,14,17,20,22,25H,2-3,6,8,10,12,15-16,18-19H2,1H3,(H,26,27)/b5-4+,17-14+,21-20+/t22-/m1/s1. The number of aliphatic carboxylic acids is 1. The minimum absolute atomic E-state index is 0.0606. The highest BCUT2D eigenvalue weighted by Gasteiger charge is 2.00. The van der Waals surface area contributed by atoms with Crippen molar-refractivity contribution in [2.45, 2.75) is 77.2 Å². The Labute approximate surface area is 172 Å². The van der Waals surface area contributed by atoms with Crippen molar-refractivity contribution in [1.82, 2.24) is 0 Å². The summed E-state index contributed by atoms with van der Waals surface area (Å²) in [5.74, 6) is 10.0. The van der Waals surface area contributed by atoms with Gasteiger partial charge in [-0.2, -0.15) is 0 Å². The Morgan fingerprint density at radius 2 is 1.89 bits per heavy atom. The van der Waals surface area contributed by atoms with Gasteiger partial charge in [0.15, 0.2) is 0 Å². The average molecular weight is 435 g/mol. The van der Waals surface area contributed by atoms with Crippen LogP contribution in [0.2, 0.25) is 0 Å². The Morgan fingerprint density at radius 1 is 1.11 bits per heavy atom. The zero-order valence-electron chi connectivity index (χ0n) is 16.2. The van der Waals surface area contributed by atoms with Gasteiger partial charge in [-0.15, -0.1) is 0 Å². The molecule has 0 aliphatic heterocycles. The Hall–Kier alpha value is -1.75. The lowest BCUT2D eigenvalue weighted by atomic mass is 10.1. The van der Waals surface area contributed by atoms with Gasteiger partial charge in [-0.1, -0.05) is 78.6 Å². The summed E-state index contributed by atoms with van der Waals surface area (Å²) < 4.78 is 0.946. The highest BCUT2D eigenvalue weighted by molar-refractivity contribution is 9.11. The molecule has 0 aromatic rings. The fourth-order valence-corrected chi connectivity index (χ4v) is 2.64. The Kier molecular flexibility index (Phi) is 17.8. The number of unbranched alkanes of at least 4 members (excludes halogenated alkanes) is 5. The summed E-state index contributed by atoms with van der Waals surface area (Å²) in [6.45, 7) is 2.14. The third-order valence-corrected chi connectivity index (χ3v) is 4.12. The van der Waals surface area contributed by atoms with Crippen LogP contribution in [0.5, 0.6) is 0 Å². The van der Waals surface area contributed by atoms with Gasteiger partial charge in [0.1, 0.15) is 0 Å². The van der Waals surface area contributed by atoms with Crippen molar-refractivity contribution in [3.8, 4) is 23.7 Å². The van der Waals surface area contributed by atoms with Crippen LogP contribution >= 0.6 is 15.9 Å². The van der Waals surface area contributed by atoms with Crippen molar-refractivity contribution in [2.24, 2.45) is 0 Å². The van der Waals surface area contributed by atoms with Crippen molar-refractivity contribution in [1.29, 1.82) is 0 Å². The van der Waals surface area contributed by atoms with Crippen molar-refractivity contribution in [3.63, 3.8) is 0 Å². The lowest BCUT2D eigenvalue weighted by molar-refractivity contribution is -0.136. The number of carbonyl (C=O) groups is 1. The number of allylic oxidation sites excluding steroid dienone is 5. The van der Waals surface area contributed by atoms with E-state index in [4.69, 9.17) is 5.11 Å². The molecule has 0 aromatic carbocycles. The number of rotatable bonds is 13. The molecule has 0 spiro atoms. The van der Waals surface area contributed by atoms with Gasteiger partial charge >= 0.3 is 5.97 Å². The number of carboxylic acids is 1. The molecule has 0 saturated carbocycles. The molecule has 0 unspecified atom stereocenters. The van der Waals surface area contributed by atoms with E-state index in [1.165, 1.54) is 0 Å². The van der Waals surface area contributed by atoms with Gasteiger partial charge in [-0.3, -0.25) is 4.79 Å². The third kappa shape index (κ3) is 20.4. The van der Waals surface area contributed by atoms with Crippen LogP contribution in [-0.2, 0) is 4.79 Å². The maximum absolute atomic E-state index is 10.3. The summed E-state index contributed by atoms with van der Waals surface area (Å²) in [5.41, 5.74) is 0. The molecule has 0 amide bonds. The molecule has 0 rings (SSSR count). The van der Waals surface area contributed by atoms with Gasteiger partial charge in [0.05, 0.1) is 12.5 Å². The summed E-state index contributed by atoms with van der Waals surface area (Å²) in [4.78, 5) is 10.3. The summed E-state index contributed by atoms with van der Waals surface area (Å²) in [6.07, 6.45) is 18.1. The summed E-state index contributed by atoms with van der Waals surface area (Å²) in [5, 5.41) is 18.4. The van der Waals surface area contributed by atoms with E-state index in [0.717, 1.165) is 55.8 Å². The van der Waals surface area contributed by atoms with Crippen molar-refractivity contribution >= 4 is 21.9 Å². The second-order valence-electron chi connectivity index (χ2n) is 6.17. The normalized spacial score (nSPS) is 12.5. The first-order valence-corrected chi connectivity index (χ1v) is 10.4. The Bertz CT molecular complexity index is 609. The zero-order chi connectivity index (χ0) is 20.2. The van der Waals surface area contributed by atoms with Gasteiger partial charge in [0.25, 0.3) is 0 Å². The number of aliphatic hydroxyl groups is 1. The molecule has 0 aliphatic rings. The van der Waals surface area contributed by atoms with Crippen molar-refractivity contribution < 1.29 is 15.0 Å². The number of halogens is 1.